The van der Waals surface area contributed by atoms with E-state index in [0.717, 1.165) is 33.2 Å². The average molecular weight is 653 g/mol. The Bertz CT molecular complexity index is 1810. The summed E-state index contributed by atoms with van der Waals surface area (Å²) in [4.78, 5) is 0. The number of benzene rings is 4. The standard InChI is InChI=1S/C40H52S2Si2/c1-23(2)43(24(3)4,25(5)6)37-21-29-13-15-33-31-18-20-36-34(32(31)17-19-35(33)39(29)41-37)16-14-30-22-38(42-40(30)36)44(26(7)8,27(9)10)28(11)12/h13-28H,1-12H3. The van der Waals surface area contributed by atoms with Crippen LogP contribution in [0.2, 0.25) is 33.2 Å². The molecule has 232 valence electrons. The van der Waals surface area contributed by atoms with Crippen molar-refractivity contribution in [3.05, 3.63) is 60.7 Å². The van der Waals surface area contributed by atoms with Crippen molar-refractivity contribution in [2.24, 2.45) is 0 Å². The molecule has 6 aromatic rings. The summed E-state index contributed by atoms with van der Waals surface area (Å²) in [5.41, 5.74) is 4.32. The Morgan fingerprint density at radius 2 is 0.614 bits per heavy atom. The zero-order valence-corrected chi connectivity index (χ0v) is 32.7. The maximum absolute atomic E-state index is 2.58. The van der Waals surface area contributed by atoms with Crippen LogP contribution >= 0.6 is 22.7 Å². The lowest BCUT2D eigenvalue weighted by Crippen LogP contribution is -2.54. The van der Waals surface area contributed by atoms with Crippen LogP contribution in [0.1, 0.15) is 83.1 Å². The van der Waals surface area contributed by atoms with Gasteiger partial charge in [0.25, 0.3) is 0 Å². The molecule has 0 amide bonds. The van der Waals surface area contributed by atoms with E-state index >= 15 is 0 Å². The first-order valence-electron chi connectivity index (χ1n) is 17.0. The van der Waals surface area contributed by atoms with Gasteiger partial charge in [-0.3, -0.25) is 0 Å². The van der Waals surface area contributed by atoms with Crippen molar-refractivity contribution in [3.63, 3.8) is 0 Å². The van der Waals surface area contributed by atoms with E-state index in [2.05, 4.69) is 166 Å². The molecule has 0 aliphatic heterocycles. The number of fused-ring (bicyclic) bond motifs is 9. The maximum Gasteiger partial charge on any atom is 0.107 e. The van der Waals surface area contributed by atoms with Gasteiger partial charge in [0.2, 0.25) is 0 Å². The Balaban J connectivity index is 1.57. The van der Waals surface area contributed by atoms with E-state index in [1.54, 1.807) is 9.00 Å². The van der Waals surface area contributed by atoms with Gasteiger partial charge in [0.1, 0.15) is 16.1 Å². The summed E-state index contributed by atoms with van der Waals surface area (Å²) < 4.78 is 6.35. The summed E-state index contributed by atoms with van der Waals surface area (Å²) in [6, 6.07) is 24.5. The van der Waals surface area contributed by atoms with E-state index in [9.17, 15) is 0 Å². The highest BCUT2D eigenvalue weighted by atomic mass is 32.1. The quantitative estimate of drug-likeness (QED) is 0.113. The minimum absolute atomic E-state index is 0.720. The van der Waals surface area contributed by atoms with Gasteiger partial charge in [-0.25, -0.2) is 0 Å². The predicted octanol–water partition coefficient (Wildman–Crippen LogP) is 13.3. The van der Waals surface area contributed by atoms with Crippen molar-refractivity contribution < 1.29 is 0 Å². The van der Waals surface area contributed by atoms with Gasteiger partial charge in [-0.05, 0) is 86.7 Å². The maximum atomic E-state index is 2.58. The molecule has 44 heavy (non-hydrogen) atoms. The molecule has 0 aliphatic carbocycles. The molecular weight excluding hydrogens is 601 g/mol. The van der Waals surface area contributed by atoms with Crippen LogP contribution in [-0.2, 0) is 0 Å². The van der Waals surface area contributed by atoms with E-state index in [0.29, 0.717) is 0 Å². The molecule has 0 fully saturated rings. The van der Waals surface area contributed by atoms with Crippen LogP contribution < -0.4 is 9.00 Å². The van der Waals surface area contributed by atoms with Crippen molar-refractivity contribution in [1.29, 1.82) is 0 Å². The first kappa shape index (κ1) is 32.0. The van der Waals surface area contributed by atoms with Crippen molar-refractivity contribution in [2.45, 2.75) is 116 Å². The van der Waals surface area contributed by atoms with Crippen LogP contribution in [0, 0.1) is 0 Å². The van der Waals surface area contributed by atoms with E-state index in [1.807, 2.05) is 0 Å². The molecule has 2 heterocycles. The predicted molar refractivity (Wildman–Crippen MR) is 211 cm³/mol. The molecule has 0 saturated heterocycles. The van der Waals surface area contributed by atoms with Crippen molar-refractivity contribution in [2.75, 3.05) is 0 Å². The molecule has 0 unspecified atom stereocenters. The first-order chi connectivity index (χ1) is 20.8. The summed E-state index contributed by atoms with van der Waals surface area (Å²) in [6.07, 6.45) is 0. The first-order valence-corrected chi connectivity index (χ1v) is 23.1. The second-order valence-corrected chi connectivity index (χ2v) is 30.0. The monoisotopic (exact) mass is 652 g/mol. The second kappa shape index (κ2) is 11.4. The number of rotatable bonds is 8. The third kappa shape index (κ3) is 4.37. The van der Waals surface area contributed by atoms with Crippen LogP contribution in [0.4, 0.5) is 0 Å². The SMILES string of the molecule is CC(C)[Si](c1cc2ccc3c4ccc5c(ccc6cc([Si](C(C)C)(C(C)C)C(C)C)sc65)c4ccc3c2s1)(C(C)C)C(C)C. The van der Waals surface area contributed by atoms with E-state index in [4.69, 9.17) is 0 Å². The molecule has 4 aromatic carbocycles. The molecule has 0 aliphatic rings. The van der Waals surface area contributed by atoms with E-state index in [-0.39, 0.29) is 0 Å². The third-order valence-electron chi connectivity index (χ3n) is 11.7. The number of hydrogen-bond donors (Lipinski definition) is 0. The summed E-state index contributed by atoms with van der Waals surface area (Å²) in [7, 11) is -3.40. The summed E-state index contributed by atoms with van der Waals surface area (Å²) in [6.45, 7) is 29.8. The van der Waals surface area contributed by atoms with Gasteiger partial charge in [-0.2, -0.15) is 0 Å². The zero-order chi connectivity index (χ0) is 31.9. The van der Waals surface area contributed by atoms with Gasteiger partial charge >= 0.3 is 0 Å². The Labute approximate surface area is 275 Å². The minimum atomic E-state index is -1.70. The van der Waals surface area contributed by atoms with Crippen molar-refractivity contribution in [3.8, 4) is 0 Å². The van der Waals surface area contributed by atoms with Gasteiger partial charge in [-0.15, -0.1) is 22.7 Å². The highest BCUT2D eigenvalue weighted by molar-refractivity contribution is 7.33. The van der Waals surface area contributed by atoms with Crippen LogP contribution in [0.25, 0.3) is 52.5 Å². The van der Waals surface area contributed by atoms with Crippen LogP contribution in [0.15, 0.2) is 60.7 Å². The lowest BCUT2D eigenvalue weighted by molar-refractivity contribution is 0.837. The van der Waals surface area contributed by atoms with Gasteiger partial charge in [0.15, 0.2) is 0 Å². The summed E-state index contributed by atoms with van der Waals surface area (Å²) in [5, 5.41) is 11.3. The Morgan fingerprint density at radius 3 is 0.909 bits per heavy atom. The Morgan fingerprint density at radius 1 is 0.364 bits per heavy atom. The van der Waals surface area contributed by atoms with Crippen molar-refractivity contribution >= 4 is 100 Å². The molecule has 0 N–H and O–H groups in total. The van der Waals surface area contributed by atoms with Gasteiger partial charge in [0.05, 0.1) is 0 Å². The van der Waals surface area contributed by atoms with Gasteiger partial charge in [0, 0.05) is 20.2 Å². The molecule has 6 rings (SSSR count). The van der Waals surface area contributed by atoms with Crippen LogP contribution in [-0.4, -0.2) is 16.1 Å². The highest BCUT2D eigenvalue weighted by Gasteiger charge is 2.46. The van der Waals surface area contributed by atoms with Gasteiger partial charge in [-0.1, -0.05) is 132 Å². The van der Waals surface area contributed by atoms with Crippen molar-refractivity contribution in [1.82, 2.24) is 0 Å². The molecular formula is C40H52S2Si2. The fourth-order valence-electron chi connectivity index (χ4n) is 10.2. The zero-order valence-electron chi connectivity index (χ0n) is 29.1. The normalized spacial score (nSPS) is 13.8. The summed E-state index contributed by atoms with van der Waals surface area (Å²) >= 11 is 4.22. The highest BCUT2D eigenvalue weighted by Crippen LogP contribution is 2.46. The number of thiophene rings is 2. The Hall–Kier alpha value is -1.99. The second-order valence-electron chi connectivity index (χ2n) is 15.4. The lowest BCUT2D eigenvalue weighted by Gasteiger charge is -2.42. The van der Waals surface area contributed by atoms with Gasteiger partial charge < -0.3 is 0 Å². The molecule has 0 atom stereocenters. The fraction of sp³-hybridized carbons (Fsp3) is 0.450. The molecule has 0 saturated carbocycles. The third-order valence-corrected chi connectivity index (χ3v) is 29.9. The molecule has 0 bridgehead atoms. The minimum Gasteiger partial charge on any atom is -0.144 e. The topological polar surface area (TPSA) is 0 Å². The van der Waals surface area contributed by atoms with Crippen LogP contribution in [0.3, 0.4) is 0 Å². The Kier molecular flexibility index (Phi) is 8.26. The molecule has 0 spiro atoms. The smallest absolute Gasteiger partial charge is 0.107 e. The van der Waals surface area contributed by atoms with E-state index < -0.39 is 16.1 Å². The summed E-state index contributed by atoms with van der Waals surface area (Å²) in [5.74, 6) is 0. The fourth-order valence-corrected chi connectivity index (χ4v) is 30.5. The largest absolute Gasteiger partial charge is 0.144 e. The van der Waals surface area contributed by atoms with E-state index in [1.165, 1.54) is 52.5 Å². The van der Waals surface area contributed by atoms with Crippen LogP contribution in [0.5, 0.6) is 0 Å². The molecule has 0 nitrogen and oxygen atoms in total. The average Bonchev–Trinajstić information content (AvgIpc) is 3.57. The molecule has 4 heteroatoms. The lowest BCUT2D eigenvalue weighted by atomic mass is 9.96. The molecule has 2 aromatic heterocycles. The molecule has 0 radical (unpaired) electrons. The number of hydrogen-bond acceptors (Lipinski definition) is 2.